The second kappa shape index (κ2) is 7.66. The third-order valence-electron chi connectivity index (χ3n) is 4.40. The molecule has 1 saturated heterocycles. The Bertz CT molecular complexity index is 905. The molecule has 134 valence electrons. The first kappa shape index (κ1) is 17.3. The van der Waals surface area contributed by atoms with E-state index in [0.717, 1.165) is 48.3 Å². The van der Waals surface area contributed by atoms with Crippen molar-refractivity contribution in [3.05, 3.63) is 52.5 Å². The second-order valence-electron chi connectivity index (χ2n) is 6.36. The van der Waals surface area contributed by atoms with Crippen molar-refractivity contribution in [2.45, 2.75) is 18.9 Å². The minimum atomic E-state index is 0.406. The SMILES string of the molecule is Clc1cc(Cl)cc(Nc2nc(NC3CCNCC3)c3ccccc3n2)c1. The summed E-state index contributed by atoms with van der Waals surface area (Å²) in [6.45, 7) is 2.04. The summed E-state index contributed by atoms with van der Waals surface area (Å²) in [5, 5.41) is 12.3. The van der Waals surface area contributed by atoms with E-state index in [4.69, 9.17) is 28.2 Å². The molecule has 4 rings (SSSR count). The molecule has 0 saturated carbocycles. The molecule has 0 unspecified atom stereocenters. The molecule has 2 aromatic carbocycles. The zero-order chi connectivity index (χ0) is 17.9. The van der Waals surface area contributed by atoms with Crippen LogP contribution >= 0.6 is 23.2 Å². The van der Waals surface area contributed by atoms with Crippen LogP contribution in [0.15, 0.2) is 42.5 Å². The normalized spacial score (nSPS) is 15.2. The average molecular weight is 388 g/mol. The number of aromatic nitrogens is 2. The van der Waals surface area contributed by atoms with Gasteiger partial charge >= 0.3 is 0 Å². The minimum absolute atomic E-state index is 0.406. The summed E-state index contributed by atoms with van der Waals surface area (Å²) in [4.78, 5) is 9.33. The van der Waals surface area contributed by atoms with Crippen LogP contribution in [0.2, 0.25) is 10.0 Å². The Balaban J connectivity index is 1.68. The lowest BCUT2D eigenvalue weighted by Gasteiger charge is -2.25. The molecule has 3 N–H and O–H groups in total. The summed E-state index contributed by atoms with van der Waals surface area (Å²) in [6, 6.07) is 13.7. The first-order chi connectivity index (χ1) is 12.7. The van der Waals surface area contributed by atoms with Crippen molar-refractivity contribution in [1.29, 1.82) is 0 Å². The molecule has 1 aromatic heterocycles. The first-order valence-electron chi connectivity index (χ1n) is 8.64. The number of nitrogens with zero attached hydrogens (tertiary/aromatic N) is 2. The third-order valence-corrected chi connectivity index (χ3v) is 4.84. The summed E-state index contributed by atoms with van der Waals surface area (Å²) in [5.74, 6) is 1.36. The van der Waals surface area contributed by atoms with Crippen LogP contribution in [-0.4, -0.2) is 29.1 Å². The smallest absolute Gasteiger partial charge is 0.229 e. The summed E-state index contributed by atoms with van der Waals surface area (Å²) in [7, 11) is 0. The predicted octanol–water partition coefficient (Wildman–Crippen LogP) is 4.84. The molecule has 0 atom stereocenters. The lowest BCUT2D eigenvalue weighted by atomic mass is 10.1. The number of fused-ring (bicyclic) bond motifs is 1. The average Bonchev–Trinajstić information content (AvgIpc) is 2.62. The van der Waals surface area contributed by atoms with E-state index < -0.39 is 0 Å². The molecule has 3 aromatic rings. The molecule has 2 heterocycles. The van der Waals surface area contributed by atoms with Crippen LogP contribution in [0, 0.1) is 0 Å². The number of halogens is 2. The maximum Gasteiger partial charge on any atom is 0.229 e. The highest BCUT2D eigenvalue weighted by Crippen LogP contribution is 2.27. The van der Waals surface area contributed by atoms with Crippen molar-refractivity contribution in [1.82, 2.24) is 15.3 Å². The Labute approximate surface area is 162 Å². The zero-order valence-corrected chi connectivity index (χ0v) is 15.6. The standard InChI is InChI=1S/C19H19Cl2N5/c20-12-9-13(21)11-15(10-12)24-19-25-17-4-2-1-3-16(17)18(26-19)23-14-5-7-22-8-6-14/h1-4,9-11,14,22H,5-8H2,(H2,23,24,25,26). The molecule has 1 aliphatic heterocycles. The lowest BCUT2D eigenvalue weighted by Crippen LogP contribution is -2.35. The number of anilines is 3. The highest BCUT2D eigenvalue weighted by molar-refractivity contribution is 6.35. The van der Waals surface area contributed by atoms with Crippen molar-refractivity contribution in [2.24, 2.45) is 0 Å². The van der Waals surface area contributed by atoms with E-state index in [-0.39, 0.29) is 0 Å². The van der Waals surface area contributed by atoms with Gasteiger partial charge in [-0.25, -0.2) is 4.98 Å². The van der Waals surface area contributed by atoms with Crippen LogP contribution in [0.1, 0.15) is 12.8 Å². The van der Waals surface area contributed by atoms with Crippen LogP contribution in [0.4, 0.5) is 17.5 Å². The van der Waals surface area contributed by atoms with Gasteiger partial charge in [-0.15, -0.1) is 0 Å². The Morgan fingerprint density at radius 1 is 0.962 bits per heavy atom. The van der Waals surface area contributed by atoms with E-state index in [9.17, 15) is 0 Å². The Morgan fingerprint density at radius 2 is 1.69 bits per heavy atom. The molecule has 1 aliphatic rings. The topological polar surface area (TPSA) is 61.9 Å². The fourth-order valence-electron chi connectivity index (χ4n) is 3.16. The monoisotopic (exact) mass is 387 g/mol. The van der Waals surface area contributed by atoms with Gasteiger partial charge in [0.15, 0.2) is 0 Å². The summed E-state index contributed by atoms with van der Waals surface area (Å²) in [5.41, 5.74) is 1.64. The highest BCUT2D eigenvalue weighted by Gasteiger charge is 2.16. The summed E-state index contributed by atoms with van der Waals surface area (Å²) >= 11 is 12.2. The molecule has 7 heteroatoms. The van der Waals surface area contributed by atoms with Gasteiger partial charge in [0.1, 0.15) is 5.82 Å². The van der Waals surface area contributed by atoms with Crippen molar-refractivity contribution >= 4 is 51.6 Å². The van der Waals surface area contributed by atoms with E-state index in [2.05, 4.69) is 20.9 Å². The number of nitrogens with one attached hydrogen (secondary N) is 3. The number of rotatable bonds is 4. The number of para-hydroxylation sites is 1. The van der Waals surface area contributed by atoms with E-state index in [1.165, 1.54) is 0 Å². The first-order valence-corrected chi connectivity index (χ1v) is 9.40. The summed E-state index contributed by atoms with van der Waals surface area (Å²) in [6.07, 6.45) is 2.15. The number of hydrogen-bond donors (Lipinski definition) is 3. The van der Waals surface area contributed by atoms with Gasteiger partial charge in [-0.3, -0.25) is 0 Å². The van der Waals surface area contributed by atoms with Gasteiger partial charge < -0.3 is 16.0 Å². The maximum atomic E-state index is 6.09. The van der Waals surface area contributed by atoms with Crippen LogP contribution in [0.25, 0.3) is 10.9 Å². The van der Waals surface area contributed by atoms with Crippen molar-refractivity contribution in [3.8, 4) is 0 Å². The quantitative estimate of drug-likeness (QED) is 0.597. The molecule has 0 radical (unpaired) electrons. The van der Waals surface area contributed by atoms with Crippen LogP contribution in [-0.2, 0) is 0 Å². The largest absolute Gasteiger partial charge is 0.367 e. The van der Waals surface area contributed by atoms with Crippen molar-refractivity contribution < 1.29 is 0 Å². The van der Waals surface area contributed by atoms with Gasteiger partial charge in [-0.2, -0.15) is 4.98 Å². The molecule has 26 heavy (non-hydrogen) atoms. The van der Waals surface area contributed by atoms with Gasteiger partial charge in [0.05, 0.1) is 5.52 Å². The van der Waals surface area contributed by atoms with Gasteiger partial charge in [0.2, 0.25) is 5.95 Å². The van der Waals surface area contributed by atoms with Crippen molar-refractivity contribution in [3.63, 3.8) is 0 Å². The van der Waals surface area contributed by atoms with Crippen LogP contribution < -0.4 is 16.0 Å². The molecule has 1 fully saturated rings. The number of benzene rings is 2. The predicted molar refractivity (Wildman–Crippen MR) is 109 cm³/mol. The molecule has 0 bridgehead atoms. The van der Waals surface area contributed by atoms with Gasteiger partial charge in [0.25, 0.3) is 0 Å². The van der Waals surface area contributed by atoms with Crippen LogP contribution in [0.5, 0.6) is 0 Å². The zero-order valence-electron chi connectivity index (χ0n) is 14.1. The van der Waals surface area contributed by atoms with E-state index in [1.807, 2.05) is 24.3 Å². The molecule has 0 aliphatic carbocycles. The Hall–Kier alpha value is -2.08. The lowest BCUT2D eigenvalue weighted by molar-refractivity contribution is 0.478. The van der Waals surface area contributed by atoms with Crippen LogP contribution in [0.3, 0.4) is 0 Å². The van der Waals surface area contributed by atoms with E-state index >= 15 is 0 Å². The molecular formula is C19H19Cl2N5. The Morgan fingerprint density at radius 3 is 2.46 bits per heavy atom. The highest BCUT2D eigenvalue weighted by atomic mass is 35.5. The Kier molecular flexibility index (Phi) is 5.11. The number of hydrogen-bond acceptors (Lipinski definition) is 5. The van der Waals surface area contributed by atoms with Gasteiger partial charge in [0, 0.05) is 27.2 Å². The maximum absolute atomic E-state index is 6.09. The molecule has 5 nitrogen and oxygen atoms in total. The third kappa shape index (κ3) is 4.01. The van der Waals surface area contributed by atoms with E-state index in [1.54, 1.807) is 18.2 Å². The molecule has 0 spiro atoms. The minimum Gasteiger partial charge on any atom is -0.367 e. The van der Waals surface area contributed by atoms with Gasteiger partial charge in [-0.05, 0) is 56.3 Å². The number of piperidine rings is 1. The van der Waals surface area contributed by atoms with Crippen molar-refractivity contribution in [2.75, 3.05) is 23.7 Å². The molecular weight excluding hydrogens is 369 g/mol. The van der Waals surface area contributed by atoms with Gasteiger partial charge in [-0.1, -0.05) is 35.3 Å². The fraction of sp³-hybridized carbons (Fsp3) is 0.263. The summed E-state index contributed by atoms with van der Waals surface area (Å²) < 4.78 is 0. The second-order valence-corrected chi connectivity index (χ2v) is 7.24. The fourth-order valence-corrected chi connectivity index (χ4v) is 3.68. The molecule has 0 amide bonds. The van der Waals surface area contributed by atoms with E-state index in [0.29, 0.717) is 22.0 Å².